The fourth-order valence-electron chi connectivity index (χ4n) is 12.1. The van der Waals surface area contributed by atoms with E-state index in [0.29, 0.717) is 0 Å². The third-order valence-corrected chi connectivity index (χ3v) is 17.5. The summed E-state index contributed by atoms with van der Waals surface area (Å²) in [6.45, 7) is 66.3. The molecule has 12 heteroatoms. The van der Waals surface area contributed by atoms with Crippen LogP contribution in [0.5, 0.6) is 0 Å². The predicted octanol–water partition coefficient (Wildman–Crippen LogP) is 23.5. The molecule has 0 amide bonds. The molecule has 12 nitrogen and oxygen atoms in total. The quantitative estimate of drug-likeness (QED) is 0.146. The number of benzene rings is 1. The lowest BCUT2D eigenvalue weighted by Gasteiger charge is -2.04. The Hall–Kier alpha value is -8.51. The van der Waals surface area contributed by atoms with Crippen LogP contribution in [-0.2, 0) is 46.8 Å². The minimum Gasteiger partial charge on any atom is -0.331 e. The molecule has 0 saturated carbocycles. The smallest absolute Gasteiger partial charge is 0.178 e. The van der Waals surface area contributed by atoms with E-state index >= 15 is 0 Å². The molecule has 9 heterocycles. The van der Waals surface area contributed by atoms with Crippen LogP contribution in [0.15, 0.2) is 114 Å². The molecule has 9 aromatic heterocycles. The first-order valence-electron chi connectivity index (χ1n) is 36.2. The highest BCUT2D eigenvalue weighted by Gasteiger charge is 2.21. The van der Waals surface area contributed by atoms with Crippen LogP contribution in [0.25, 0.3) is 55.5 Å². The minimum atomic E-state index is 0.843. The molecule has 0 spiro atoms. The summed E-state index contributed by atoms with van der Waals surface area (Å²) in [6, 6.07) is 14.7. The van der Waals surface area contributed by atoms with E-state index in [0.717, 1.165) is 76.6 Å². The van der Waals surface area contributed by atoms with Gasteiger partial charge < -0.3 is 13.7 Å². The van der Waals surface area contributed by atoms with Gasteiger partial charge in [-0.2, -0.15) is 0 Å². The summed E-state index contributed by atoms with van der Waals surface area (Å²) >= 11 is 0. The highest BCUT2D eigenvalue weighted by Crippen LogP contribution is 2.36. The van der Waals surface area contributed by atoms with Crippen LogP contribution < -0.4 is 0 Å². The summed E-state index contributed by atoms with van der Waals surface area (Å²) in [4.78, 5) is 38.5. The topological polar surface area (TPSA) is 131 Å². The van der Waals surface area contributed by atoms with E-state index in [1.807, 2.05) is 189 Å². The number of hydrogen-bond donors (Lipinski definition) is 0. The molecule has 0 saturated heterocycles. The van der Waals surface area contributed by atoms with E-state index < -0.39 is 0 Å². The van der Waals surface area contributed by atoms with E-state index in [9.17, 15) is 0 Å². The largest absolute Gasteiger partial charge is 0.331 e. The van der Waals surface area contributed by atoms with Crippen molar-refractivity contribution >= 4 is 55.5 Å². The summed E-state index contributed by atoms with van der Waals surface area (Å²) < 4.78 is 6.22. The summed E-state index contributed by atoms with van der Waals surface area (Å²) in [7, 11) is 6.05. The maximum Gasteiger partial charge on any atom is 0.178 e. The standard InChI is InChI=1S/C12H14.3C11H13N.3C9H11N3.7C2H6/c1-8-5-4-6-11-7-9(2)10(3)12(8)11;1-7-4-10-6-12-5-8(2)11(10)9(7)3;1-7-6-10-4-5-12-9(3)11(10)8(7)2;1-7-4-5-12-10-6-8(2)9(3)11(7)10;1-6-4-10-5-8-9(6)12(3)7(2)11-8;1-6-9-8(4-5-10-6)11-7(2)12(9)3;1-6-4-5-10-9-8(6)12(3)7(2)11-9;7*1-2/h4-6H,7H2,1-3H3;5-6H,4H2,1-3H3;2*4-5H,6H2,1-3H3;3*4-5H,1-3H3;7*1-2H3. The van der Waals surface area contributed by atoms with E-state index in [4.69, 9.17) is 0 Å². The van der Waals surface area contributed by atoms with Crippen LogP contribution in [0.4, 0.5) is 0 Å². The lowest BCUT2D eigenvalue weighted by molar-refractivity contribution is 0.880. The van der Waals surface area contributed by atoms with Crippen molar-refractivity contribution in [2.24, 2.45) is 21.1 Å². The van der Waals surface area contributed by atoms with Crippen LogP contribution in [0.2, 0.25) is 0 Å². The number of nitrogens with zero attached hydrogens (tertiary/aromatic N) is 12. The lowest BCUT2D eigenvalue weighted by atomic mass is 10.0. The number of fused-ring (bicyclic) bond motifs is 7. The molecule has 4 aliphatic carbocycles. The molecule has 1 aromatic carbocycles. The molecule has 10 aromatic rings. The third kappa shape index (κ3) is 21.7. The Bertz CT molecular complexity index is 3770. The molecular formula is C86H128N12. The minimum absolute atomic E-state index is 0.843. The second-order valence-electron chi connectivity index (χ2n) is 23.4. The average Bonchev–Trinajstić information content (AvgIpc) is 1.74. The van der Waals surface area contributed by atoms with Crippen molar-refractivity contribution in [2.45, 2.75) is 247 Å². The second-order valence-corrected chi connectivity index (χ2v) is 23.4. The molecule has 0 N–H and O–H groups in total. The van der Waals surface area contributed by atoms with Crippen molar-refractivity contribution in [1.29, 1.82) is 0 Å². The summed E-state index contributed by atoms with van der Waals surface area (Å²) in [6.07, 6.45) is 19.4. The van der Waals surface area contributed by atoms with Crippen molar-refractivity contribution in [3.8, 4) is 0 Å². The van der Waals surface area contributed by atoms with Gasteiger partial charge in [-0.05, 0) is 246 Å². The SMILES string of the molecule is CC.CC.CC.CC.CC.CC.CC.CC1=C(C)c2c(C)cccc2C1.CC1=C(C)c2c(C)ccnc2C1.CC1=C(C)c2c(C)cncc2C1.CC1=C(C)c2c(ccnc2C)C1.Cc1ccnc2nc(C)n(C)c12.Cc1cncc2nc(C)n(C)c12.Cc1nccc2nc(C)n(C)c12. The van der Waals surface area contributed by atoms with E-state index in [1.54, 1.807) is 18.6 Å². The fourth-order valence-corrected chi connectivity index (χ4v) is 12.1. The zero-order chi connectivity index (χ0) is 75.0. The average molecular weight is 1330 g/mol. The number of aryl methyl sites for hydroxylation is 13. The van der Waals surface area contributed by atoms with Crippen molar-refractivity contribution in [3.05, 3.63) is 216 Å². The number of allylic oxidation sites excluding steroid dienone is 8. The van der Waals surface area contributed by atoms with Gasteiger partial charge in [0.15, 0.2) is 5.65 Å². The van der Waals surface area contributed by atoms with Gasteiger partial charge in [-0.1, -0.05) is 137 Å². The normalized spacial score (nSPS) is 11.9. The molecule has 0 aliphatic heterocycles. The summed E-state index contributed by atoms with van der Waals surface area (Å²) in [5.74, 6) is 3.06. The number of aromatic nitrogens is 12. The third-order valence-electron chi connectivity index (χ3n) is 17.5. The van der Waals surface area contributed by atoms with Gasteiger partial charge in [0.2, 0.25) is 0 Å². The van der Waals surface area contributed by atoms with E-state index in [-0.39, 0.29) is 0 Å². The number of rotatable bonds is 0. The number of imidazole rings is 3. The van der Waals surface area contributed by atoms with Gasteiger partial charge in [0, 0.05) is 87.8 Å². The highest BCUT2D eigenvalue weighted by molar-refractivity contribution is 5.81. The first-order chi connectivity index (χ1) is 46.9. The lowest BCUT2D eigenvalue weighted by Crippen LogP contribution is -1.93. The zero-order valence-electron chi connectivity index (χ0n) is 67.9. The molecule has 0 atom stereocenters. The van der Waals surface area contributed by atoms with Crippen molar-refractivity contribution in [1.82, 2.24) is 58.6 Å². The molecule has 0 bridgehead atoms. The van der Waals surface area contributed by atoms with Gasteiger partial charge in [-0.15, -0.1) is 0 Å². The first-order valence-corrected chi connectivity index (χ1v) is 36.2. The monoisotopic (exact) mass is 1330 g/mol. The molecule has 14 rings (SSSR count). The molecule has 0 radical (unpaired) electrons. The Balaban J connectivity index is 0.000000554. The van der Waals surface area contributed by atoms with Crippen LogP contribution >= 0.6 is 0 Å². The van der Waals surface area contributed by atoms with Crippen LogP contribution in [-0.4, -0.2) is 58.6 Å². The van der Waals surface area contributed by atoms with Gasteiger partial charge >= 0.3 is 0 Å². The Morgan fingerprint density at radius 1 is 0.296 bits per heavy atom. The van der Waals surface area contributed by atoms with Crippen molar-refractivity contribution < 1.29 is 0 Å². The van der Waals surface area contributed by atoms with Gasteiger partial charge in [0.05, 0.1) is 39.7 Å². The van der Waals surface area contributed by atoms with Gasteiger partial charge in [0.25, 0.3) is 0 Å². The van der Waals surface area contributed by atoms with E-state index in [2.05, 4.69) is 186 Å². The Morgan fingerprint density at radius 2 is 0.704 bits per heavy atom. The molecular weight excluding hydrogens is 1200 g/mol. The highest BCUT2D eigenvalue weighted by atomic mass is 15.1. The first kappa shape index (κ1) is 87.5. The van der Waals surface area contributed by atoms with Crippen molar-refractivity contribution in [3.63, 3.8) is 0 Å². The maximum atomic E-state index is 4.40. The fraction of sp³-hybridized carbons (Fsp3) is 0.453. The van der Waals surface area contributed by atoms with Crippen LogP contribution in [0, 0.1) is 69.2 Å². The van der Waals surface area contributed by atoms with Gasteiger partial charge in [-0.3, -0.25) is 24.9 Å². The molecule has 532 valence electrons. The Kier molecular flexibility index (Phi) is 39.0. The van der Waals surface area contributed by atoms with E-state index in [1.165, 1.54) is 128 Å². The molecule has 98 heavy (non-hydrogen) atoms. The summed E-state index contributed by atoms with van der Waals surface area (Å²) in [5, 5.41) is 0. The van der Waals surface area contributed by atoms with Crippen LogP contribution in [0.1, 0.15) is 254 Å². The Labute approximate surface area is 594 Å². The maximum absolute atomic E-state index is 4.40. The molecule has 0 unspecified atom stereocenters. The molecule has 0 fully saturated rings. The molecule has 4 aliphatic rings. The van der Waals surface area contributed by atoms with Crippen molar-refractivity contribution in [2.75, 3.05) is 0 Å². The van der Waals surface area contributed by atoms with Gasteiger partial charge in [-0.25, -0.2) is 19.9 Å². The Morgan fingerprint density at radius 3 is 1.22 bits per heavy atom. The van der Waals surface area contributed by atoms with Crippen LogP contribution in [0.3, 0.4) is 0 Å². The number of pyridine rings is 6. The second kappa shape index (κ2) is 43.7. The zero-order valence-corrected chi connectivity index (χ0v) is 67.9. The van der Waals surface area contributed by atoms with Gasteiger partial charge in [0.1, 0.15) is 23.0 Å². The predicted molar refractivity (Wildman–Crippen MR) is 429 cm³/mol. The number of hydrogen-bond acceptors (Lipinski definition) is 9. The summed E-state index contributed by atoms with van der Waals surface area (Å²) in [5.41, 5.74) is 38.0.